The minimum Gasteiger partial charge on any atom is -0.459 e. The number of ether oxygens (including phenoxy) is 1. The fraction of sp³-hybridized carbons (Fsp3) is 0.385. The molecule has 0 radical (unpaired) electrons. The zero-order valence-electron chi connectivity index (χ0n) is 10.1. The van der Waals surface area contributed by atoms with Gasteiger partial charge in [0.05, 0.1) is 6.54 Å². The number of benzene rings is 1. The molecule has 2 atom stereocenters. The van der Waals surface area contributed by atoms with E-state index in [9.17, 15) is 9.59 Å². The zero-order chi connectivity index (χ0) is 12.7. The summed E-state index contributed by atoms with van der Waals surface area (Å²) in [7, 11) is 0. The third kappa shape index (κ3) is 1.72. The molecule has 0 saturated carbocycles. The fourth-order valence-corrected chi connectivity index (χ4v) is 2.47. The number of amides is 2. The minimum atomic E-state index is -0.404. The van der Waals surface area contributed by atoms with Gasteiger partial charge in [-0.15, -0.1) is 0 Å². The summed E-state index contributed by atoms with van der Waals surface area (Å²) < 4.78 is 5.05. The van der Waals surface area contributed by atoms with Gasteiger partial charge >= 0.3 is 12.0 Å². The first-order valence-electron chi connectivity index (χ1n) is 5.99. The zero-order valence-corrected chi connectivity index (χ0v) is 10.1. The standard InChI is InChI=1S/C13H14N2O3/c1-8-4-2-3-5-10(8)14-13(17)15-7-9-6-11(15)12(16)18-9/h2-5,9,11H,6-7H2,1H3,(H,14,17)/t9-,11+/m1/s1. The topological polar surface area (TPSA) is 58.6 Å². The number of para-hydroxylation sites is 1. The molecule has 0 aliphatic carbocycles. The Balaban J connectivity index is 1.73. The van der Waals surface area contributed by atoms with E-state index in [1.807, 2.05) is 31.2 Å². The molecule has 2 aliphatic rings. The minimum absolute atomic E-state index is 0.120. The highest BCUT2D eigenvalue weighted by molar-refractivity contribution is 5.94. The molecular weight excluding hydrogens is 232 g/mol. The summed E-state index contributed by atoms with van der Waals surface area (Å²) in [5.41, 5.74) is 1.77. The molecule has 1 aromatic carbocycles. The van der Waals surface area contributed by atoms with E-state index in [2.05, 4.69) is 5.32 Å². The molecule has 0 aromatic heterocycles. The average molecular weight is 246 g/mol. The molecule has 1 N–H and O–H groups in total. The van der Waals surface area contributed by atoms with Gasteiger partial charge in [0.2, 0.25) is 0 Å². The summed E-state index contributed by atoms with van der Waals surface area (Å²) in [5, 5.41) is 2.84. The largest absolute Gasteiger partial charge is 0.459 e. The molecule has 5 heteroatoms. The number of aryl methyl sites for hydroxylation is 1. The quantitative estimate of drug-likeness (QED) is 0.764. The monoisotopic (exact) mass is 246 g/mol. The molecule has 18 heavy (non-hydrogen) atoms. The molecule has 94 valence electrons. The number of nitrogens with zero attached hydrogens (tertiary/aromatic N) is 1. The van der Waals surface area contributed by atoms with Gasteiger partial charge in [-0.2, -0.15) is 0 Å². The molecule has 2 aliphatic heterocycles. The Hall–Kier alpha value is -2.04. The molecule has 0 spiro atoms. The van der Waals surface area contributed by atoms with Crippen molar-refractivity contribution in [2.75, 3.05) is 11.9 Å². The molecule has 3 rings (SSSR count). The molecule has 2 amide bonds. The van der Waals surface area contributed by atoms with Crippen molar-refractivity contribution in [2.45, 2.75) is 25.5 Å². The number of rotatable bonds is 1. The second-order valence-electron chi connectivity index (χ2n) is 4.71. The average Bonchev–Trinajstić information content (AvgIpc) is 2.90. The predicted molar refractivity (Wildman–Crippen MR) is 65.2 cm³/mol. The van der Waals surface area contributed by atoms with Gasteiger partial charge in [-0.25, -0.2) is 9.59 Å². The van der Waals surface area contributed by atoms with Gasteiger partial charge in [-0.3, -0.25) is 0 Å². The van der Waals surface area contributed by atoms with Crippen LogP contribution in [0.2, 0.25) is 0 Å². The smallest absolute Gasteiger partial charge is 0.329 e. The van der Waals surface area contributed by atoms with Crippen molar-refractivity contribution in [1.82, 2.24) is 4.90 Å². The van der Waals surface area contributed by atoms with Crippen molar-refractivity contribution < 1.29 is 14.3 Å². The van der Waals surface area contributed by atoms with Crippen LogP contribution >= 0.6 is 0 Å². The number of nitrogens with one attached hydrogen (secondary N) is 1. The highest BCUT2D eigenvalue weighted by Gasteiger charge is 2.48. The Morgan fingerprint density at radius 1 is 1.44 bits per heavy atom. The number of anilines is 1. The van der Waals surface area contributed by atoms with E-state index < -0.39 is 6.04 Å². The third-order valence-electron chi connectivity index (χ3n) is 3.47. The lowest BCUT2D eigenvalue weighted by atomic mass is 10.2. The van der Waals surface area contributed by atoms with Crippen LogP contribution in [-0.4, -0.2) is 35.6 Å². The van der Waals surface area contributed by atoms with Crippen LogP contribution in [0.4, 0.5) is 10.5 Å². The molecule has 0 unspecified atom stereocenters. The number of esters is 1. The van der Waals surface area contributed by atoms with Gasteiger partial charge in [-0.05, 0) is 18.6 Å². The highest BCUT2D eigenvalue weighted by Crippen LogP contribution is 2.29. The number of carbonyl (C=O) groups is 2. The number of fused-ring (bicyclic) bond motifs is 2. The lowest BCUT2D eigenvalue weighted by Gasteiger charge is -2.26. The van der Waals surface area contributed by atoms with Crippen molar-refractivity contribution in [1.29, 1.82) is 0 Å². The molecule has 1 aromatic rings. The summed E-state index contributed by atoms with van der Waals surface area (Å²) >= 11 is 0. The van der Waals surface area contributed by atoms with Gasteiger partial charge in [-0.1, -0.05) is 18.2 Å². The van der Waals surface area contributed by atoms with Crippen molar-refractivity contribution in [3.05, 3.63) is 29.8 Å². The van der Waals surface area contributed by atoms with Gasteiger partial charge in [0.25, 0.3) is 0 Å². The number of likely N-dealkylation sites (tertiary alicyclic amines) is 1. The summed E-state index contributed by atoms with van der Waals surface area (Å²) in [5.74, 6) is -0.286. The summed E-state index contributed by atoms with van der Waals surface area (Å²) in [6, 6.07) is 6.93. The van der Waals surface area contributed by atoms with Crippen LogP contribution in [0.3, 0.4) is 0 Å². The first kappa shape index (κ1) is 11.1. The number of hydrogen-bond acceptors (Lipinski definition) is 3. The Morgan fingerprint density at radius 2 is 2.22 bits per heavy atom. The van der Waals surface area contributed by atoms with Crippen LogP contribution < -0.4 is 5.32 Å². The van der Waals surface area contributed by atoms with Gasteiger partial charge in [0.1, 0.15) is 12.1 Å². The van der Waals surface area contributed by atoms with E-state index in [0.717, 1.165) is 11.3 Å². The number of carbonyl (C=O) groups excluding carboxylic acids is 2. The van der Waals surface area contributed by atoms with Crippen molar-refractivity contribution in [3.63, 3.8) is 0 Å². The number of morpholine rings is 1. The van der Waals surface area contributed by atoms with Gasteiger partial charge < -0.3 is 15.0 Å². The summed E-state index contributed by atoms with van der Waals surface area (Å²) in [6.45, 7) is 2.42. The summed E-state index contributed by atoms with van der Waals surface area (Å²) in [6.07, 6.45) is 0.505. The maximum atomic E-state index is 12.1. The second kappa shape index (κ2) is 4.01. The molecule has 2 bridgehead atoms. The van der Waals surface area contributed by atoms with Crippen LogP contribution in [0.15, 0.2) is 24.3 Å². The number of urea groups is 1. The van der Waals surface area contributed by atoms with Crippen LogP contribution in [0.5, 0.6) is 0 Å². The maximum absolute atomic E-state index is 12.1. The Labute approximate surface area is 105 Å². The Morgan fingerprint density at radius 3 is 2.89 bits per heavy atom. The van der Waals surface area contributed by atoms with Crippen LogP contribution in [0, 0.1) is 6.92 Å². The Kier molecular flexibility index (Phi) is 2.47. The van der Waals surface area contributed by atoms with E-state index in [1.54, 1.807) is 4.90 Å². The molecule has 2 saturated heterocycles. The van der Waals surface area contributed by atoms with E-state index >= 15 is 0 Å². The van der Waals surface area contributed by atoms with E-state index in [0.29, 0.717) is 13.0 Å². The lowest BCUT2D eigenvalue weighted by Crippen LogP contribution is -2.46. The summed E-state index contributed by atoms with van der Waals surface area (Å²) in [4.78, 5) is 25.1. The van der Waals surface area contributed by atoms with Crippen LogP contribution in [0.1, 0.15) is 12.0 Å². The molecule has 2 heterocycles. The van der Waals surface area contributed by atoms with Gasteiger partial charge in [0, 0.05) is 12.1 Å². The van der Waals surface area contributed by atoms with Crippen molar-refractivity contribution >= 4 is 17.7 Å². The fourth-order valence-electron chi connectivity index (χ4n) is 2.47. The highest BCUT2D eigenvalue weighted by atomic mass is 16.6. The van der Waals surface area contributed by atoms with Crippen LogP contribution in [-0.2, 0) is 9.53 Å². The van der Waals surface area contributed by atoms with Gasteiger partial charge in [0.15, 0.2) is 0 Å². The van der Waals surface area contributed by atoms with Crippen molar-refractivity contribution in [2.24, 2.45) is 0 Å². The predicted octanol–water partition coefficient (Wildman–Crippen LogP) is 1.53. The molecule has 5 nitrogen and oxygen atoms in total. The lowest BCUT2D eigenvalue weighted by molar-refractivity contribution is -0.149. The van der Waals surface area contributed by atoms with E-state index in [1.165, 1.54) is 0 Å². The maximum Gasteiger partial charge on any atom is 0.329 e. The normalized spacial score (nSPS) is 25.2. The number of hydrogen-bond donors (Lipinski definition) is 1. The third-order valence-corrected chi connectivity index (χ3v) is 3.47. The first-order valence-corrected chi connectivity index (χ1v) is 5.99. The van der Waals surface area contributed by atoms with E-state index in [-0.39, 0.29) is 18.1 Å². The van der Waals surface area contributed by atoms with Crippen LogP contribution in [0.25, 0.3) is 0 Å². The molecule has 2 fully saturated rings. The van der Waals surface area contributed by atoms with Crippen molar-refractivity contribution in [3.8, 4) is 0 Å². The Bertz CT molecular complexity index is 515. The van der Waals surface area contributed by atoms with E-state index in [4.69, 9.17) is 4.74 Å². The first-order chi connectivity index (χ1) is 8.65. The second-order valence-corrected chi connectivity index (χ2v) is 4.71. The SMILES string of the molecule is Cc1ccccc1NC(=O)N1C[C@H]2C[C@H]1C(=O)O2. The molecular formula is C13H14N2O3.